The highest BCUT2D eigenvalue weighted by Crippen LogP contribution is 2.25. The summed E-state index contributed by atoms with van der Waals surface area (Å²) in [6, 6.07) is 9.93. The van der Waals surface area contributed by atoms with Crippen LogP contribution in [0, 0.1) is 6.92 Å². The number of aromatic nitrogens is 2. The first-order valence-electron chi connectivity index (χ1n) is 8.89. The number of amides is 1. The monoisotopic (exact) mass is 379 g/mol. The van der Waals surface area contributed by atoms with E-state index in [-0.39, 0.29) is 11.9 Å². The Hall–Kier alpha value is -2.77. The third-order valence-corrected chi connectivity index (χ3v) is 5.91. The zero-order chi connectivity index (χ0) is 18.8. The number of benzene rings is 1. The standard InChI is InChI=1S/C20H21N5OS/c1-12-8-13(16-5-7-23-20(21)25-16)2-3-15(12)10-24-19(26)17-9-14-4-6-22-11-18(14)27-17/h2-3,5,7-9,22H,4,6,10-11H2,1H3,(H,24,26)(H2,21,23,25). The van der Waals surface area contributed by atoms with Crippen LogP contribution in [0.2, 0.25) is 0 Å². The van der Waals surface area contributed by atoms with Crippen molar-refractivity contribution in [3.8, 4) is 11.3 Å². The van der Waals surface area contributed by atoms with Gasteiger partial charge in [0.15, 0.2) is 0 Å². The molecule has 1 aromatic carbocycles. The van der Waals surface area contributed by atoms with Gasteiger partial charge in [-0.05, 0) is 54.8 Å². The lowest BCUT2D eigenvalue weighted by atomic mass is 10.0. The maximum Gasteiger partial charge on any atom is 0.261 e. The Morgan fingerprint density at radius 1 is 1.33 bits per heavy atom. The van der Waals surface area contributed by atoms with E-state index < -0.39 is 0 Å². The molecular weight excluding hydrogens is 358 g/mol. The van der Waals surface area contributed by atoms with E-state index in [9.17, 15) is 4.79 Å². The molecule has 6 nitrogen and oxygen atoms in total. The van der Waals surface area contributed by atoms with Gasteiger partial charge >= 0.3 is 0 Å². The maximum absolute atomic E-state index is 12.5. The van der Waals surface area contributed by atoms with Gasteiger partial charge in [-0.15, -0.1) is 11.3 Å². The normalized spacial score (nSPS) is 13.2. The first-order chi connectivity index (χ1) is 13.1. The minimum atomic E-state index is -0.0125. The van der Waals surface area contributed by atoms with E-state index in [1.807, 2.05) is 31.2 Å². The van der Waals surface area contributed by atoms with Crippen LogP contribution in [0.15, 0.2) is 36.5 Å². The first kappa shape index (κ1) is 17.6. The van der Waals surface area contributed by atoms with E-state index in [0.29, 0.717) is 6.54 Å². The average Bonchev–Trinajstić information content (AvgIpc) is 3.11. The number of nitrogens with one attached hydrogen (secondary N) is 2. The molecule has 3 heterocycles. The molecule has 0 saturated heterocycles. The predicted octanol–water partition coefficient (Wildman–Crippen LogP) is 2.67. The summed E-state index contributed by atoms with van der Waals surface area (Å²) in [7, 11) is 0. The molecule has 0 atom stereocenters. The number of carbonyl (C=O) groups excluding carboxylic acids is 1. The molecular formula is C20H21N5OS. The van der Waals surface area contributed by atoms with Crippen molar-refractivity contribution in [2.45, 2.75) is 26.4 Å². The number of hydrogen-bond acceptors (Lipinski definition) is 6. The minimum absolute atomic E-state index is 0.0125. The molecule has 4 N–H and O–H groups in total. The van der Waals surface area contributed by atoms with Gasteiger partial charge in [-0.2, -0.15) is 0 Å². The summed E-state index contributed by atoms with van der Waals surface area (Å²) in [4.78, 5) is 22.8. The highest BCUT2D eigenvalue weighted by molar-refractivity contribution is 7.14. The predicted molar refractivity (Wildman–Crippen MR) is 108 cm³/mol. The van der Waals surface area contributed by atoms with Gasteiger partial charge in [0.2, 0.25) is 5.95 Å². The summed E-state index contributed by atoms with van der Waals surface area (Å²) in [6.07, 6.45) is 2.64. The van der Waals surface area contributed by atoms with Crippen LogP contribution in [0.3, 0.4) is 0 Å². The number of rotatable bonds is 4. The largest absolute Gasteiger partial charge is 0.368 e. The number of aryl methyl sites for hydroxylation is 1. The minimum Gasteiger partial charge on any atom is -0.368 e. The van der Waals surface area contributed by atoms with Crippen LogP contribution >= 0.6 is 11.3 Å². The summed E-state index contributed by atoms with van der Waals surface area (Å²) in [5.74, 6) is 0.247. The molecule has 4 rings (SSSR count). The molecule has 138 valence electrons. The number of carbonyl (C=O) groups is 1. The Morgan fingerprint density at radius 2 is 2.22 bits per heavy atom. The second-order valence-electron chi connectivity index (χ2n) is 6.61. The zero-order valence-corrected chi connectivity index (χ0v) is 15.9. The SMILES string of the molecule is Cc1cc(-c2ccnc(N)n2)ccc1CNC(=O)c1cc2c(s1)CNCC2. The van der Waals surface area contributed by atoms with Gasteiger partial charge in [0.05, 0.1) is 10.6 Å². The Morgan fingerprint density at radius 3 is 3.00 bits per heavy atom. The molecule has 0 unspecified atom stereocenters. The molecule has 7 heteroatoms. The van der Waals surface area contributed by atoms with E-state index in [2.05, 4.69) is 26.7 Å². The number of nitrogens with zero attached hydrogens (tertiary/aromatic N) is 2. The van der Waals surface area contributed by atoms with Crippen LogP contribution in [-0.2, 0) is 19.5 Å². The number of hydrogen-bond donors (Lipinski definition) is 3. The van der Waals surface area contributed by atoms with Gasteiger partial charge in [0, 0.05) is 29.7 Å². The number of anilines is 1. The zero-order valence-electron chi connectivity index (χ0n) is 15.1. The van der Waals surface area contributed by atoms with Gasteiger partial charge in [-0.3, -0.25) is 4.79 Å². The van der Waals surface area contributed by atoms with Crippen LogP contribution in [0.4, 0.5) is 5.95 Å². The molecule has 0 radical (unpaired) electrons. The van der Waals surface area contributed by atoms with Crippen LogP contribution < -0.4 is 16.4 Å². The summed E-state index contributed by atoms with van der Waals surface area (Å²) < 4.78 is 0. The van der Waals surface area contributed by atoms with Crippen molar-refractivity contribution in [3.05, 3.63) is 63.0 Å². The molecule has 0 fully saturated rings. The fourth-order valence-corrected chi connectivity index (χ4v) is 4.31. The van der Waals surface area contributed by atoms with Crippen molar-refractivity contribution < 1.29 is 4.79 Å². The van der Waals surface area contributed by atoms with Crippen molar-refractivity contribution in [1.29, 1.82) is 0 Å². The quantitative estimate of drug-likeness (QED) is 0.648. The number of fused-ring (bicyclic) bond motifs is 1. The van der Waals surface area contributed by atoms with Gasteiger partial charge < -0.3 is 16.4 Å². The third-order valence-electron chi connectivity index (χ3n) is 4.73. The Labute approximate surface area is 161 Å². The van der Waals surface area contributed by atoms with Crippen molar-refractivity contribution in [3.63, 3.8) is 0 Å². The average molecular weight is 379 g/mol. The summed E-state index contributed by atoms with van der Waals surface area (Å²) in [6.45, 7) is 4.37. The second kappa shape index (κ2) is 7.46. The van der Waals surface area contributed by atoms with E-state index in [1.165, 1.54) is 10.4 Å². The number of nitrogens with two attached hydrogens (primary N) is 1. The van der Waals surface area contributed by atoms with Gasteiger partial charge in [0.25, 0.3) is 5.91 Å². The fraction of sp³-hybridized carbons (Fsp3) is 0.250. The lowest BCUT2D eigenvalue weighted by Gasteiger charge is -2.10. The molecule has 1 amide bonds. The van der Waals surface area contributed by atoms with Gasteiger partial charge in [0.1, 0.15) is 0 Å². The van der Waals surface area contributed by atoms with Crippen LogP contribution in [0.25, 0.3) is 11.3 Å². The Bertz CT molecular complexity index is 974. The van der Waals surface area contributed by atoms with Crippen molar-refractivity contribution in [2.24, 2.45) is 0 Å². The lowest BCUT2D eigenvalue weighted by molar-refractivity contribution is 0.0955. The lowest BCUT2D eigenvalue weighted by Crippen LogP contribution is -2.22. The molecule has 0 saturated carbocycles. The Balaban J connectivity index is 1.45. The number of thiophene rings is 1. The second-order valence-corrected chi connectivity index (χ2v) is 7.75. The van der Waals surface area contributed by atoms with Crippen LogP contribution in [0.5, 0.6) is 0 Å². The molecule has 0 spiro atoms. The van der Waals surface area contributed by atoms with E-state index in [4.69, 9.17) is 5.73 Å². The summed E-state index contributed by atoms with van der Waals surface area (Å²) >= 11 is 1.58. The summed E-state index contributed by atoms with van der Waals surface area (Å²) in [5, 5.41) is 6.38. The van der Waals surface area contributed by atoms with Gasteiger partial charge in [-0.1, -0.05) is 12.1 Å². The van der Waals surface area contributed by atoms with Crippen molar-refractivity contribution in [2.75, 3.05) is 12.3 Å². The summed E-state index contributed by atoms with van der Waals surface area (Å²) in [5.41, 5.74) is 10.9. The van der Waals surface area contributed by atoms with Crippen LogP contribution in [0.1, 0.15) is 31.2 Å². The molecule has 0 bridgehead atoms. The van der Waals surface area contributed by atoms with E-state index >= 15 is 0 Å². The fourth-order valence-electron chi connectivity index (χ4n) is 3.22. The molecule has 27 heavy (non-hydrogen) atoms. The molecule has 1 aliphatic heterocycles. The smallest absolute Gasteiger partial charge is 0.261 e. The maximum atomic E-state index is 12.5. The van der Waals surface area contributed by atoms with Crippen LogP contribution in [-0.4, -0.2) is 22.4 Å². The molecule has 1 aliphatic rings. The van der Waals surface area contributed by atoms with Gasteiger partial charge in [-0.25, -0.2) is 9.97 Å². The highest BCUT2D eigenvalue weighted by atomic mass is 32.1. The van der Waals surface area contributed by atoms with Crippen molar-refractivity contribution >= 4 is 23.2 Å². The molecule has 0 aliphatic carbocycles. The highest BCUT2D eigenvalue weighted by Gasteiger charge is 2.17. The Kier molecular flexibility index (Phi) is 4.87. The van der Waals surface area contributed by atoms with Crippen molar-refractivity contribution in [1.82, 2.24) is 20.6 Å². The topological polar surface area (TPSA) is 92.9 Å². The molecule has 2 aromatic heterocycles. The number of nitrogen functional groups attached to an aromatic ring is 1. The molecule has 3 aromatic rings. The first-order valence-corrected chi connectivity index (χ1v) is 9.71. The van der Waals surface area contributed by atoms with E-state index in [0.717, 1.165) is 46.8 Å². The third kappa shape index (κ3) is 3.84. The van der Waals surface area contributed by atoms with E-state index in [1.54, 1.807) is 17.5 Å².